The Morgan fingerprint density at radius 3 is 2.44 bits per heavy atom. The Kier molecular flexibility index (Phi) is 6.04. The standard InChI is InChI=1S/C15H14ClF3N2O3S/c1-24-9-12(10-4-6-11(16)7-5-10)21-25(22,23)13-3-2-8-20-14(13)15(17,18)19/h2-8,12,21H,9H2,1H3. The first-order valence-corrected chi connectivity index (χ1v) is 8.80. The van der Waals surface area contributed by atoms with Gasteiger partial charge in [0.15, 0.2) is 5.69 Å². The minimum absolute atomic E-state index is 0.0809. The second kappa shape index (κ2) is 7.69. The molecule has 0 spiro atoms. The molecule has 0 fully saturated rings. The highest BCUT2D eigenvalue weighted by Gasteiger charge is 2.39. The number of halogens is 4. The molecule has 0 bridgehead atoms. The Morgan fingerprint density at radius 1 is 1.24 bits per heavy atom. The molecule has 1 aromatic carbocycles. The number of sulfonamides is 1. The molecule has 0 amide bonds. The molecule has 2 rings (SSSR count). The van der Waals surface area contributed by atoms with E-state index < -0.39 is 32.8 Å². The highest BCUT2D eigenvalue weighted by molar-refractivity contribution is 7.89. The van der Waals surface area contributed by atoms with Crippen LogP contribution in [0.3, 0.4) is 0 Å². The predicted octanol–water partition coefficient (Wildman–Crippen LogP) is 3.42. The van der Waals surface area contributed by atoms with Gasteiger partial charge >= 0.3 is 6.18 Å². The van der Waals surface area contributed by atoms with Crippen LogP contribution in [-0.4, -0.2) is 27.1 Å². The van der Waals surface area contributed by atoms with E-state index in [1.165, 1.54) is 7.11 Å². The van der Waals surface area contributed by atoms with E-state index in [9.17, 15) is 21.6 Å². The van der Waals surface area contributed by atoms with Crippen LogP contribution >= 0.6 is 11.6 Å². The molecule has 1 heterocycles. The smallest absolute Gasteiger partial charge is 0.383 e. The molecule has 10 heteroatoms. The first kappa shape index (κ1) is 19.6. The Morgan fingerprint density at radius 2 is 1.88 bits per heavy atom. The number of alkyl halides is 3. The summed E-state index contributed by atoms with van der Waals surface area (Å²) in [6, 6.07) is 7.28. The molecule has 5 nitrogen and oxygen atoms in total. The third-order valence-corrected chi connectivity index (χ3v) is 4.99. The van der Waals surface area contributed by atoms with Gasteiger partial charge in [-0.25, -0.2) is 13.1 Å². The van der Waals surface area contributed by atoms with Crippen molar-refractivity contribution >= 4 is 21.6 Å². The largest absolute Gasteiger partial charge is 0.434 e. The summed E-state index contributed by atoms with van der Waals surface area (Å²) in [6.45, 7) is -0.0809. The van der Waals surface area contributed by atoms with Gasteiger partial charge in [0.2, 0.25) is 10.0 Å². The van der Waals surface area contributed by atoms with Gasteiger partial charge in [-0.15, -0.1) is 0 Å². The van der Waals surface area contributed by atoms with Gasteiger partial charge in [-0.2, -0.15) is 13.2 Å². The van der Waals surface area contributed by atoms with Crippen LogP contribution < -0.4 is 4.72 Å². The van der Waals surface area contributed by atoms with Crippen molar-refractivity contribution in [3.8, 4) is 0 Å². The lowest BCUT2D eigenvalue weighted by Crippen LogP contribution is -2.33. The fourth-order valence-corrected chi connectivity index (χ4v) is 3.64. The van der Waals surface area contributed by atoms with Gasteiger partial charge in [0.25, 0.3) is 0 Å². The van der Waals surface area contributed by atoms with E-state index >= 15 is 0 Å². The lowest BCUT2D eigenvalue weighted by molar-refractivity contribution is -0.143. The quantitative estimate of drug-likeness (QED) is 0.815. The number of benzene rings is 1. The number of methoxy groups -OCH3 is 1. The summed E-state index contributed by atoms with van der Waals surface area (Å²) >= 11 is 5.79. The van der Waals surface area contributed by atoms with E-state index in [0.29, 0.717) is 10.6 Å². The van der Waals surface area contributed by atoms with Gasteiger partial charge in [0.05, 0.1) is 12.6 Å². The first-order chi connectivity index (χ1) is 11.6. The number of ether oxygens (including phenoxy) is 1. The van der Waals surface area contributed by atoms with Crippen LogP contribution in [0.2, 0.25) is 5.02 Å². The SMILES string of the molecule is COCC(NS(=O)(=O)c1cccnc1C(F)(F)F)c1ccc(Cl)cc1. The predicted molar refractivity (Wildman–Crippen MR) is 85.6 cm³/mol. The Bertz CT molecular complexity index is 827. The van der Waals surface area contributed by atoms with E-state index in [4.69, 9.17) is 16.3 Å². The van der Waals surface area contributed by atoms with Crippen molar-refractivity contribution in [1.29, 1.82) is 0 Å². The van der Waals surface area contributed by atoms with Crippen LogP contribution in [0.5, 0.6) is 0 Å². The lowest BCUT2D eigenvalue weighted by atomic mass is 10.1. The molecule has 2 aromatic rings. The van der Waals surface area contributed by atoms with Crippen LogP contribution in [0.15, 0.2) is 47.5 Å². The molecule has 25 heavy (non-hydrogen) atoms. The molecule has 1 aromatic heterocycles. The van der Waals surface area contributed by atoms with Crippen molar-refractivity contribution in [2.75, 3.05) is 13.7 Å². The summed E-state index contributed by atoms with van der Waals surface area (Å²) in [6.07, 6.45) is -4.02. The van der Waals surface area contributed by atoms with Crippen molar-refractivity contribution in [2.24, 2.45) is 0 Å². The van der Waals surface area contributed by atoms with Crippen LogP contribution in [-0.2, 0) is 20.9 Å². The number of nitrogens with one attached hydrogen (secondary N) is 1. The normalized spacial score (nSPS) is 13.6. The Labute approximate surface area is 147 Å². The average Bonchev–Trinajstić information content (AvgIpc) is 2.54. The lowest BCUT2D eigenvalue weighted by Gasteiger charge is -2.20. The molecule has 0 aliphatic rings. The van der Waals surface area contributed by atoms with Crippen molar-refractivity contribution in [3.63, 3.8) is 0 Å². The zero-order chi connectivity index (χ0) is 18.7. The molecule has 0 aliphatic carbocycles. The number of pyridine rings is 1. The van der Waals surface area contributed by atoms with Crippen LogP contribution in [0.1, 0.15) is 17.3 Å². The third kappa shape index (κ3) is 4.91. The van der Waals surface area contributed by atoms with E-state index in [2.05, 4.69) is 9.71 Å². The number of nitrogens with zero attached hydrogens (tertiary/aromatic N) is 1. The topological polar surface area (TPSA) is 68.3 Å². The van der Waals surface area contributed by atoms with Crippen molar-refractivity contribution < 1.29 is 26.3 Å². The van der Waals surface area contributed by atoms with E-state index in [-0.39, 0.29) is 6.61 Å². The Balaban J connectivity index is 2.40. The number of rotatable bonds is 6. The molecular weight excluding hydrogens is 381 g/mol. The molecule has 0 saturated heterocycles. The summed E-state index contributed by atoms with van der Waals surface area (Å²) in [5.41, 5.74) is -0.984. The number of hydrogen-bond acceptors (Lipinski definition) is 4. The van der Waals surface area contributed by atoms with Gasteiger partial charge in [-0.1, -0.05) is 23.7 Å². The maximum Gasteiger partial charge on any atom is 0.434 e. The van der Waals surface area contributed by atoms with Crippen LogP contribution in [0.4, 0.5) is 13.2 Å². The van der Waals surface area contributed by atoms with Gasteiger partial charge in [0, 0.05) is 18.3 Å². The molecule has 1 N–H and O–H groups in total. The maximum absolute atomic E-state index is 13.0. The minimum atomic E-state index is -4.90. The average molecular weight is 395 g/mol. The molecule has 136 valence electrons. The first-order valence-electron chi connectivity index (χ1n) is 6.94. The fraction of sp³-hybridized carbons (Fsp3) is 0.267. The highest BCUT2D eigenvalue weighted by atomic mass is 35.5. The zero-order valence-corrected chi connectivity index (χ0v) is 14.5. The molecule has 1 unspecified atom stereocenters. The van der Waals surface area contributed by atoms with E-state index in [1.54, 1.807) is 24.3 Å². The summed E-state index contributed by atoms with van der Waals surface area (Å²) in [5, 5.41) is 0.439. The van der Waals surface area contributed by atoms with E-state index in [0.717, 1.165) is 18.3 Å². The zero-order valence-electron chi connectivity index (χ0n) is 12.9. The van der Waals surface area contributed by atoms with Gasteiger partial charge in [-0.05, 0) is 29.8 Å². The molecule has 0 aliphatic heterocycles. The highest BCUT2D eigenvalue weighted by Crippen LogP contribution is 2.32. The fourth-order valence-electron chi connectivity index (χ4n) is 2.13. The van der Waals surface area contributed by atoms with E-state index in [1.807, 2.05) is 0 Å². The Hall–Kier alpha value is -1.68. The van der Waals surface area contributed by atoms with Gasteiger partial charge < -0.3 is 4.74 Å². The number of hydrogen-bond donors (Lipinski definition) is 1. The molecule has 0 radical (unpaired) electrons. The van der Waals surface area contributed by atoms with Crippen molar-refractivity contribution in [1.82, 2.24) is 9.71 Å². The summed E-state index contributed by atoms with van der Waals surface area (Å²) in [4.78, 5) is 2.21. The summed E-state index contributed by atoms with van der Waals surface area (Å²) < 4.78 is 71.3. The van der Waals surface area contributed by atoms with Crippen molar-refractivity contribution in [2.45, 2.75) is 17.1 Å². The van der Waals surface area contributed by atoms with Gasteiger partial charge in [-0.3, -0.25) is 4.98 Å². The van der Waals surface area contributed by atoms with Crippen LogP contribution in [0, 0.1) is 0 Å². The monoisotopic (exact) mass is 394 g/mol. The maximum atomic E-state index is 13.0. The second-order valence-electron chi connectivity index (χ2n) is 5.03. The van der Waals surface area contributed by atoms with Crippen molar-refractivity contribution in [3.05, 3.63) is 58.9 Å². The summed E-state index contributed by atoms with van der Waals surface area (Å²) in [5.74, 6) is 0. The molecule has 0 saturated carbocycles. The second-order valence-corrected chi connectivity index (χ2v) is 7.15. The molecule has 1 atom stereocenters. The minimum Gasteiger partial charge on any atom is -0.383 e. The van der Waals surface area contributed by atoms with Gasteiger partial charge in [0.1, 0.15) is 4.90 Å². The van der Waals surface area contributed by atoms with Crippen LogP contribution in [0.25, 0.3) is 0 Å². The number of aromatic nitrogens is 1. The molecular formula is C15H14ClF3N2O3S. The third-order valence-electron chi connectivity index (χ3n) is 3.23. The summed E-state index contributed by atoms with van der Waals surface area (Å²) in [7, 11) is -3.15.